The first kappa shape index (κ1) is 15.2. The molecule has 0 bridgehead atoms. The predicted molar refractivity (Wildman–Crippen MR) is 72.6 cm³/mol. The Kier molecular flexibility index (Phi) is 6.43. The molecule has 0 atom stereocenters. The summed E-state index contributed by atoms with van der Waals surface area (Å²) in [5.41, 5.74) is -0.540. The van der Waals surface area contributed by atoms with Gasteiger partial charge in [-0.25, -0.2) is 4.79 Å². The van der Waals surface area contributed by atoms with Crippen LogP contribution < -0.4 is 10.6 Å². The molecule has 0 aliphatic heterocycles. The molecule has 0 spiro atoms. The highest BCUT2D eigenvalue weighted by Gasteiger charge is 2.27. The quantitative estimate of drug-likeness (QED) is 0.507. The van der Waals surface area contributed by atoms with E-state index in [0.717, 1.165) is 25.7 Å². The van der Waals surface area contributed by atoms with Crippen LogP contribution in [-0.4, -0.2) is 55.4 Å². The average Bonchev–Trinajstić information content (AvgIpc) is 2.53. The largest absolute Gasteiger partial charge is 0.389 e. The number of hydrogen-bond acceptors (Lipinski definition) is 3. The van der Waals surface area contributed by atoms with Gasteiger partial charge in [-0.15, -0.1) is 0 Å². The van der Waals surface area contributed by atoms with E-state index in [4.69, 9.17) is 0 Å². The minimum Gasteiger partial charge on any atom is -0.389 e. The molecule has 2 amide bonds. The molecule has 5 heteroatoms. The third-order valence-electron chi connectivity index (χ3n) is 3.47. The van der Waals surface area contributed by atoms with Crippen LogP contribution in [0.2, 0.25) is 0 Å². The summed E-state index contributed by atoms with van der Waals surface area (Å²) in [7, 11) is 3.44. The number of amides is 2. The van der Waals surface area contributed by atoms with Gasteiger partial charge in [-0.1, -0.05) is 25.7 Å². The Morgan fingerprint density at radius 3 is 2.33 bits per heavy atom. The van der Waals surface area contributed by atoms with E-state index in [1.54, 1.807) is 14.1 Å². The van der Waals surface area contributed by atoms with Gasteiger partial charge in [-0.05, 0) is 12.8 Å². The fraction of sp³-hybridized carbons (Fsp3) is 0.923. The molecule has 0 saturated heterocycles. The minimum atomic E-state index is -0.540. The summed E-state index contributed by atoms with van der Waals surface area (Å²) in [6, 6.07) is -0.0787. The summed E-state index contributed by atoms with van der Waals surface area (Å²) in [6.07, 6.45) is 6.50. The van der Waals surface area contributed by atoms with E-state index in [0.29, 0.717) is 19.6 Å². The maximum absolute atomic E-state index is 11.3. The lowest BCUT2D eigenvalue weighted by Crippen LogP contribution is -2.44. The standard InChI is InChI=1S/C13H27N3O2/c1-16(2)12(17)15-10-9-14-11-13(18)7-5-3-4-6-8-13/h14,18H,3-11H2,1-2H3,(H,15,17). The molecule has 1 rings (SSSR count). The number of rotatable bonds is 5. The van der Waals surface area contributed by atoms with Gasteiger partial charge < -0.3 is 20.6 Å². The number of urea groups is 1. The zero-order chi connectivity index (χ0) is 13.4. The second-order valence-corrected chi connectivity index (χ2v) is 5.44. The van der Waals surface area contributed by atoms with Crippen molar-refractivity contribution in [3.05, 3.63) is 0 Å². The number of carbonyl (C=O) groups is 1. The molecule has 0 unspecified atom stereocenters. The molecular formula is C13H27N3O2. The van der Waals surface area contributed by atoms with E-state index >= 15 is 0 Å². The van der Waals surface area contributed by atoms with E-state index in [1.165, 1.54) is 17.7 Å². The summed E-state index contributed by atoms with van der Waals surface area (Å²) < 4.78 is 0. The lowest BCUT2D eigenvalue weighted by molar-refractivity contribution is 0.0256. The van der Waals surface area contributed by atoms with Crippen molar-refractivity contribution in [2.24, 2.45) is 0 Å². The van der Waals surface area contributed by atoms with Gasteiger partial charge in [0, 0.05) is 33.7 Å². The topological polar surface area (TPSA) is 64.6 Å². The van der Waals surface area contributed by atoms with Crippen LogP contribution in [0.25, 0.3) is 0 Å². The van der Waals surface area contributed by atoms with Crippen molar-refractivity contribution in [3.63, 3.8) is 0 Å². The molecule has 18 heavy (non-hydrogen) atoms. The average molecular weight is 257 g/mol. The van der Waals surface area contributed by atoms with Gasteiger partial charge in [0.2, 0.25) is 0 Å². The molecule has 0 heterocycles. The van der Waals surface area contributed by atoms with E-state index in [9.17, 15) is 9.90 Å². The molecule has 1 aliphatic carbocycles. The molecule has 1 fully saturated rings. The first-order valence-electron chi connectivity index (χ1n) is 6.92. The van der Waals surface area contributed by atoms with Crippen LogP contribution in [0.15, 0.2) is 0 Å². The van der Waals surface area contributed by atoms with Gasteiger partial charge in [-0.3, -0.25) is 0 Å². The zero-order valence-electron chi connectivity index (χ0n) is 11.7. The second-order valence-electron chi connectivity index (χ2n) is 5.44. The molecule has 0 aromatic rings. The fourth-order valence-corrected chi connectivity index (χ4v) is 2.30. The Bertz CT molecular complexity index is 249. The Hall–Kier alpha value is -0.810. The van der Waals surface area contributed by atoms with Gasteiger partial charge in [0.1, 0.15) is 0 Å². The molecule has 0 aromatic carbocycles. The molecular weight excluding hydrogens is 230 g/mol. The van der Waals surface area contributed by atoms with Crippen LogP contribution in [0, 0.1) is 0 Å². The van der Waals surface area contributed by atoms with Gasteiger partial charge in [0.15, 0.2) is 0 Å². The van der Waals surface area contributed by atoms with Crippen LogP contribution in [0.1, 0.15) is 38.5 Å². The lowest BCUT2D eigenvalue weighted by atomic mass is 9.94. The summed E-state index contributed by atoms with van der Waals surface area (Å²) >= 11 is 0. The van der Waals surface area contributed by atoms with Crippen LogP contribution >= 0.6 is 0 Å². The number of hydrogen-bond donors (Lipinski definition) is 3. The summed E-state index contributed by atoms with van der Waals surface area (Å²) in [4.78, 5) is 12.8. The third-order valence-corrected chi connectivity index (χ3v) is 3.47. The fourth-order valence-electron chi connectivity index (χ4n) is 2.30. The van der Waals surface area contributed by atoms with Crippen molar-refractivity contribution in [2.45, 2.75) is 44.1 Å². The maximum Gasteiger partial charge on any atom is 0.316 e. The van der Waals surface area contributed by atoms with Gasteiger partial charge in [0.05, 0.1) is 5.60 Å². The molecule has 106 valence electrons. The van der Waals surface area contributed by atoms with E-state index in [-0.39, 0.29) is 6.03 Å². The summed E-state index contributed by atoms with van der Waals surface area (Å²) in [5.74, 6) is 0. The Balaban J connectivity index is 2.11. The van der Waals surface area contributed by atoms with Crippen LogP contribution in [0.4, 0.5) is 4.79 Å². The first-order chi connectivity index (χ1) is 8.53. The van der Waals surface area contributed by atoms with Crippen LogP contribution in [-0.2, 0) is 0 Å². The molecule has 5 nitrogen and oxygen atoms in total. The molecule has 0 aromatic heterocycles. The van der Waals surface area contributed by atoms with Crippen LogP contribution in [0.3, 0.4) is 0 Å². The number of aliphatic hydroxyl groups is 1. The third kappa shape index (κ3) is 5.69. The van der Waals surface area contributed by atoms with E-state index in [1.807, 2.05) is 0 Å². The molecule has 3 N–H and O–H groups in total. The van der Waals surface area contributed by atoms with E-state index in [2.05, 4.69) is 10.6 Å². The van der Waals surface area contributed by atoms with Crippen molar-refractivity contribution < 1.29 is 9.90 Å². The van der Waals surface area contributed by atoms with Gasteiger partial charge in [0.25, 0.3) is 0 Å². The number of carbonyl (C=O) groups excluding carboxylic acids is 1. The number of nitrogens with zero attached hydrogens (tertiary/aromatic N) is 1. The highest BCUT2D eigenvalue weighted by atomic mass is 16.3. The van der Waals surface area contributed by atoms with Crippen LogP contribution in [0.5, 0.6) is 0 Å². The Labute approximate surface area is 110 Å². The van der Waals surface area contributed by atoms with Gasteiger partial charge >= 0.3 is 6.03 Å². The Morgan fingerprint density at radius 2 is 1.78 bits per heavy atom. The first-order valence-corrected chi connectivity index (χ1v) is 6.92. The smallest absolute Gasteiger partial charge is 0.316 e. The predicted octanol–water partition coefficient (Wildman–Crippen LogP) is 0.932. The zero-order valence-corrected chi connectivity index (χ0v) is 11.7. The van der Waals surface area contributed by atoms with E-state index < -0.39 is 5.60 Å². The number of nitrogens with one attached hydrogen (secondary N) is 2. The monoisotopic (exact) mass is 257 g/mol. The second kappa shape index (κ2) is 7.59. The van der Waals surface area contributed by atoms with Gasteiger partial charge in [-0.2, -0.15) is 0 Å². The SMILES string of the molecule is CN(C)C(=O)NCCNCC1(O)CCCCCC1. The highest BCUT2D eigenvalue weighted by molar-refractivity contribution is 5.73. The lowest BCUT2D eigenvalue weighted by Gasteiger charge is -2.27. The van der Waals surface area contributed by atoms with Crippen molar-refractivity contribution in [1.82, 2.24) is 15.5 Å². The van der Waals surface area contributed by atoms with Crippen molar-refractivity contribution in [1.29, 1.82) is 0 Å². The molecule has 1 aliphatic rings. The summed E-state index contributed by atoms with van der Waals surface area (Å²) in [5, 5.41) is 16.4. The molecule has 0 radical (unpaired) electrons. The summed E-state index contributed by atoms with van der Waals surface area (Å²) in [6.45, 7) is 1.92. The van der Waals surface area contributed by atoms with Crippen molar-refractivity contribution >= 4 is 6.03 Å². The van der Waals surface area contributed by atoms with Crippen molar-refractivity contribution in [3.8, 4) is 0 Å². The molecule has 1 saturated carbocycles. The normalized spacial score (nSPS) is 19.1. The Morgan fingerprint density at radius 1 is 1.17 bits per heavy atom. The highest BCUT2D eigenvalue weighted by Crippen LogP contribution is 2.26. The maximum atomic E-state index is 11.3. The minimum absolute atomic E-state index is 0.0787. The van der Waals surface area contributed by atoms with Crippen molar-refractivity contribution in [2.75, 3.05) is 33.7 Å².